The number of carbonyl (C=O) groups excluding carboxylic acids is 1. The van der Waals surface area contributed by atoms with Crippen molar-refractivity contribution in [2.24, 2.45) is 0 Å². The minimum Gasteiger partial charge on any atom is -0.383 e. The minimum atomic E-state index is -0.662. The van der Waals surface area contributed by atoms with Crippen molar-refractivity contribution in [3.05, 3.63) is 56.7 Å². The second-order valence-corrected chi connectivity index (χ2v) is 9.32. The Morgan fingerprint density at radius 2 is 1.97 bits per heavy atom. The van der Waals surface area contributed by atoms with Gasteiger partial charge >= 0.3 is 5.69 Å². The van der Waals surface area contributed by atoms with Crippen molar-refractivity contribution in [1.82, 2.24) is 14.5 Å². The van der Waals surface area contributed by atoms with Crippen LogP contribution in [0.1, 0.15) is 46.1 Å². The van der Waals surface area contributed by atoms with E-state index in [0.717, 1.165) is 18.4 Å². The monoisotopic (exact) mass is 457 g/mol. The quantitative estimate of drug-likeness (QED) is 0.626. The smallest absolute Gasteiger partial charge is 0.330 e. The van der Waals surface area contributed by atoms with Crippen molar-refractivity contribution in [3.8, 4) is 0 Å². The van der Waals surface area contributed by atoms with E-state index < -0.39 is 11.2 Å². The highest BCUT2D eigenvalue weighted by molar-refractivity contribution is 5.96. The van der Waals surface area contributed by atoms with Crippen LogP contribution in [0.3, 0.4) is 0 Å². The van der Waals surface area contributed by atoms with E-state index in [4.69, 9.17) is 10.5 Å². The van der Waals surface area contributed by atoms with E-state index in [0.29, 0.717) is 19.6 Å². The number of amides is 1. The number of anilines is 2. The molecule has 180 valence electrons. The number of aromatic nitrogens is 2. The Labute approximate surface area is 194 Å². The lowest BCUT2D eigenvalue weighted by molar-refractivity contribution is -0.138. The molecule has 0 spiro atoms. The Balaban J connectivity index is 1.99. The number of unbranched alkanes of at least 4 members (excludes halogenated alkanes) is 1. The van der Waals surface area contributed by atoms with E-state index >= 15 is 0 Å². The van der Waals surface area contributed by atoms with Gasteiger partial charge in [-0.3, -0.25) is 28.9 Å². The van der Waals surface area contributed by atoms with Crippen LogP contribution in [0.2, 0.25) is 0 Å². The van der Waals surface area contributed by atoms with Gasteiger partial charge in [0.2, 0.25) is 5.91 Å². The molecule has 1 atom stereocenters. The molecule has 3 rings (SSSR count). The van der Waals surface area contributed by atoms with Gasteiger partial charge < -0.3 is 10.5 Å². The van der Waals surface area contributed by atoms with Crippen LogP contribution in [0.25, 0.3) is 0 Å². The van der Waals surface area contributed by atoms with Gasteiger partial charge in [-0.1, -0.05) is 43.7 Å². The van der Waals surface area contributed by atoms with Crippen LogP contribution in [-0.4, -0.2) is 51.7 Å². The topological polar surface area (TPSA) is 114 Å². The van der Waals surface area contributed by atoms with Crippen molar-refractivity contribution in [3.63, 3.8) is 0 Å². The number of hydrogen-bond donors (Lipinski definition) is 2. The summed E-state index contributed by atoms with van der Waals surface area (Å²) in [7, 11) is 0. The third-order valence-corrected chi connectivity index (χ3v) is 5.70. The first-order valence-corrected chi connectivity index (χ1v) is 11.5. The number of H-pyrrole nitrogens is 1. The molecular weight excluding hydrogens is 422 g/mol. The van der Waals surface area contributed by atoms with Crippen LogP contribution >= 0.6 is 0 Å². The fourth-order valence-electron chi connectivity index (χ4n) is 4.42. The molecule has 33 heavy (non-hydrogen) atoms. The summed E-state index contributed by atoms with van der Waals surface area (Å²) >= 11 is 0. The molecule has 9 nitrogen and oxygen atoms in total. The molecule has 1 aliphatic heterocycles. The molecule has 2 heterocycles. The van der Waals surface area contributed by atoms with E-state index in [1.54, 1.807) is 0 Å². The van der Waals surface area contributed by atoms with Crippen molar-refractivity contribution >= 4 is 17.4 Å². The summed E-state index contributed by atoms with van der Waals surface area (Å²) < 4.78 is 7.29. The standard InChI is InChI=1S/C24H35N5O4/c1-5-6-12-28-21(25)20(22(31)26-23(28)32)29(14-18-10-8-7-9-11-18)19(30)15-27-13-17(2)33-24(3,4)16-27/h7-11,17H,5-6,12-16,25H2,1-4H3,(H,26,31,32). The normalized spacial score (nSPS) is 18.2. The Morgan fingerprint density at radius 1 is 1.27 bits per heavy atom. The van der Waals surface area contributed by atoms with Crippen molar-refractivity contribution in [2.45, 2.75) is 65.3 Å². The summed E-state index contributed by atoms with van der Waals surface area (Å²) in [6.07, 6.45) is 1.56. The Kier molecular flexibility index (Phi) is 7.76. The predicted octanol–water partition coefficient (Wildman–Crippen LogP) is 1.95. The van der Waals surface area contributed by atoms with Gasteiger partial charge in [0.1, 0.15) is 5.82 Å². The number of benzene rings is 1. The summed E-state index contributed by atoms with van der Waals surface area (Å²) in [6.45, 7) is 9.81. The number of hydrogen-bond acceptors (Lipinski definition) is 6. The first kappa shape index (κ1) is 24.7. The summed E-state index contributed by atoms with van der Waals surface area (Å²) in [4.78, 5) is 44.7. The second-order valence-electron chi connectivity index (χ2n) is 9.32. The first-order valence-electron chi connectivity index (χ1n) is 11.5. The highest BCUT2D eigenvalue weighted by Gasteiger charge is 2.34. The van der Waals surface area contributed by atoms with Crippen LogP contribution < -0.4 is 21.9 Å². The van der Waals surface area contributed by atoms with Crippen molar-refractivity contribution < 1.29 is 9.53 Å². The molecule has 1 amide bonds. The third kappa shape index (κ3) is 6.11. The molecule has 0 aliphatic carbocycles. The Bertz CT molecular complexity index is 1080. The van der Waals surface area contributed by atoms with Crippen LogP contribution in [0.15, 0.2) is 39.9 Å². The highest BCUT2D eigenvalue weighted by Crippen LogP contribution is 2.23. The molecule has 1 aliphatic rings. The number of nitrogens with one attached hydrogen (secondary N) is 1. The van der Waals surface area contributed by atoms with Gasteiger partial charge in [0, 0.05) is 19.6 Å². The van der Waals surface area contributed by atoms with Gasteiger partial charge in [0.25, 0.3) is 5.56 Å². The summed E-state index contributed by atoms with van der Waals surface area (Å²) in [6, 6.07) is 9.41. The largest absolute Gasteiger partial charge is 0.383 e. The molecule has 0 saturated carbocycles. The molecule has 3 N–H and O–H groups in total. The maximum absolute atomic E-state index is 13.6. The van der Waals surface area contributed by atoms with Crippen LogP contribution in [0.5, 0.6) is 0 Å². The average molecular weight is 458 g/mol. The number of nitrogens with zero attached hydrogens (tertiary/aromatic N) is 3. The Morgan fingerprint density at radius 3 is 2.61 bits per heavy atom. The lowest BCUT2D eigenvalue weighted by Crippen LogP contribution is -2.55. The number of carbonyl (C=O) groups is 1. The zero-order chi connectivity index (χ0) is 24.2. The molecule has 2 aromatic rings. The van der Waals surface area contributed by atoms with E-state index in [1.807, 2.05) is 62.9 Å². The Hall–Kier alpha value is -2.91. The fourth-order valence-corrected chi connectivity index (χ4v) is 4.42. The molecule has 1 aromatic heterocycles. The molecule has 9 heteroatoms. The molecule has 0 bridgehead atoms. The fraction of sp³-hybridized carbons (Fsp3) is 0.542. The van der Waals surface area contributed by atoms with E-state index in [2.05, 4.69) is 4.98 Å². The number of nitrogens with two attached hydrogens (primary N) is 1. The average Bonchev–Trinajstić information content (AvgIpc) is 2.72. The van der Waals surface area contributed by atoms with Crippen LogP contribution in [-0.2, 0) is 22.6 Å². The van der Waals surface area contributed by atoms with Crippen molar-refractivity contribution in [1.29, 1.82) is 0 Å². The minimum absolute atomic E-state index is 0.0113. The maximum atomic E-state index is 13.6. The van der Waals surface area contributed by atoms with E-state index in [9.17, 15) is 14.4 Å². The SMILES string of the molecule is CCCCn1c(N)c(N(Cc2ccccc2)C(=O)CN2CC(C)OC(C)(C)C2)c(=O)[nH]c1=O. The zero-order valence-electron chi connectivity index (χ0n) is 20.0. The number of morpholine rings is 1. The van der Waals surface area contributed by atoms with Gasteiger partial charge in [-0.05, 0) is 32.8 Å². The summed E-state index contributed by atoms with van der Waals surface area (Å²) in [5.74, 6) is -0.251. The predicted molar refractivity (Wildman–Crippen MR) is 129 cm³/mol. The second kappa shape index (κ2) is 10.4. The molecular formula is C24H35N5O4. The molecule has 1 fully saturated rings. The lowest BCUT2D eigenvalue weighted by Gasteiger charge is -2.42. The van der Waals surface area contributed by atoms with E-state index in [-0.39, 0.29) is 42.2 Å². The molecule has 1 saturated heterocycles. The number of rotatable bonds is 8. The third-order valence-electron chi connectivity index (χ3n) is 5.70. The molecule has 0 radical (unpaired) electrons. The van der Waals surface area contributed by atoms with Gasteiger partial charge in [-0.15, -0.1) is 0 Å². The summed E-state index contributed by atoms with van der Waals surface area (Å²) in [5.41, 5.74) is 5.59. The van der Waals surface area contributed by atoms with Gasteiger partial charge in [-0.25, -0.2) is 4.79 Å². The van der Waals surface area contributed by atoms with Crippen LogP contribution in [0.4, 0.5) is 11.5 Å². The van der Waals surface area contributed by atoms with Gasteiger partial charge in [-0.2, -0.15) is 0 Å². The lowest BCUT2D eigenvalue weighted by atomic mass is 10.1. The first-order chi connectivity index (χ1) is 15.6. The number of aromatic amines is 1. The van der Waals surface area contributed by atoms with Crippen molar-refractivity contribution in [2.75, 3.05) is 30.3 Å². The number of nitrogen functional groups attached to an aromatic ring is 1. The summed E-state index contributed by atoms with van der Waals surface area (Å²) in [5, 5.41) is 0. The van der Waals surface area contributed by atoms with E-state index in [1.165, 1.54) is 9.47 Å². The highest BCUT2D eigenvalue weighted by atomic mass is 16.5. The molecule has 1 aromatic carbocycles. The molecule has 1 unspecified atom stereocenters. The maximum Gasteiger partial charge on any atom is 0.330 e. The van der Waals surface area contributed by atoms with Gasteiger partial charge in [0.05, 0.1) is 24.8 Å². The van der Waals surface area contributed by atoms with Gasteiger partial charge in [0.15, 0.2) is 5.69 Å². The zero-order valence-corrected chi connectivity index (χ0v) is 20.0. The van der Waals surface area contributed by atoms with Crippen LogP contribution in [0, 0.1) is 0 Å². The number of ether oxygens (including phenoxy) is 1.